The highest BCUT2D eigenvalue weighted by molar-refractivity contribution is 5.47. The summed E-state index contributed by atoms with van der Waals surface area (Å²) in [6.45, 7) is 2.14. The molecule has 0 aromatic heterocycles. The second kappa shape index (κ2) is 5.84. The zero-order chi connectivity index (χ0) is 10.2. The first-order valence-corrected chi connectivity index (χ1v) is 4.86. The van der Waals surface area contributed by atoms with E-state index in [-0.39, 0.29) is 0 Å². The lowest BCUT2D eigenvalue weighted by molar-refractivity contribution is 0.828. The molecule has 0 N–H and O–H groups in total. The third kappa shape index (κ3) is 2.96. The van der Waals surface area contributed by atoms with Gasteiger partial charge in [-0.1, -0.05) is 37.3 Å². The molecule has 14 heavy (non-hydrogen) atoms. The normalized spacial score (nSPS) is 8.57. The summed E-state index contributed by atoms with van der Waals surface area (Å²) >= 11 is 0. The molecule has 0 amide bonds. The Balaban J connectivity index is 2.74. The minimum atomic E-state index is 0.663. The monoisotopic (exact) mass is 183 g/mol. The Labute approximate surface area is 85.4 Å². The van der Waals surface area contributed by atoms with E-state index in [0.29, 0.717) is 5.56 Å². The molecule has 0 heterocycles. The molecule has 1 heteroatoms. The average Bonchev–Trinajstić information content (AvgIpc) is 2.25. The van der Waals surface area contributed by atoms with Crippen LogP contribution in [0.4, 0.5) is 0 Å². The van der Waals surface area contributed by atoms with Gasteiger partial charge in [-0.2, -0.15) is 5.26 Å². The summed E-state index contributed by atoms with van der Waals surface area (Å²) in [6.07, 6.45) is 3.20. The Morgan fingerprint density at radius 3 is 2.57 bits per heavy atom. The first kappa shape index (κ1) is 10.4. The molecule has 0 saturated heterocycles. The quantitative estimate of drug-likeness (QED) is 0.510. The third-order valence-corrected chi connectivity index (χ3v) is 1.93. The van der Waals surface area contributed by atoms with E-state index in [1.54, 1.807) is 6.07 Å². The molecular formula is C13H13N. The molecule has 1 rings (SSSR count). The van der Waals surface area contributed by atoms with Crippen molar-refractivity contribution in [3.8, 4) is 17.9 Å². The van der Waals surface area contributed by atoms with Gasteiger partial charge in [0.05, 0.1) is 5.56 Å². The maximum atomic E-state index is 8.80. The maximum absolute atomic E-state index is 8.80. The molecule has 0 saturated carbocycles. The van der Waals surface area contributed by atoms with Crippen LogP contribution in [0.25, 0.3) is 0 Å². The predicted octanol–water partition coefficient (Wildman–Crippen LogP) is 3.10. The van der Waals surface area contributed by atoms with Crippen LogP contribution in [-0.2, 0) is 0 Å². The lowest BCUT2D eigenvalue weighted by Gasteiger charge is -1.92. The standard InChI is InChI=1S/C13H13N/c1-2-3-4-5-8-12-9-6-7-10-13(12)11-14/h6-7,9-10H,2-4H2,1H3. The van der Waals surface area contributed by atoms with Crippen LogP contribution in [0.5, 0.6) is 0 Å². The van der Waals surface area contributed by atoms with Gasteiger partial charge in [-0.3, -0.25) is 0 Å². The van der Waals surface area contributed by atoms with E-state index < -0.39 is 0 Å². The van der Waals surface area contributed by atoms with E-state index in [0.717, 1.165) is 24.8 Å². The average molecular weight is 183 g/mol. The minimum absolute atomic E-state index is 0.663. The Morgan fingerprint density at radius 1 is 1.21 bits per heavy atom. The number of hydrogen-bond donors (Lipinski definition) is 0. The molecule has 70 valence electrons. The smallest absolute Gasteiger partial charge is 0.100 e. The topological polar surface area (TPSA) is 23.8 Å². The fourth-order valence-corrected chi connectivity index (χ4v) is 1.11. The van der Waals surface area contributed by atoms with Gasteiger partial charge in [0, 0.05) is 12.0 Å². The summed E-state index contributed by atoms with van der Waals surface area (Å²) in [6, 6.07) is 9.58. The van der Waals surface area contributed by atoms with E-state index in [2.05, 4.69) is 24.8 Å². The van der Waals surface area contributed by atoms with Gasteiger partial charge in [0.1, 0.15) is 6.07 Å². The van der Waals surface area contributed by atoms with E-state index in [1.807, 2.05) is 18.2 Å². The molecule has 1 aromatic rings. The first-order valence-electron chi connectivity index (χ1n) is 4.86. The van der Waals surface area contributed by atoms with Gasteiger partial charge in [0.25, 0.3) is 0 Å². The SMILES string of the molecule is CCCCC#Cc1ccccc1C#N. The van der Waals surface area contributed by atoms with Crippen LogP contribution in [0.1, 0.15) is 37.3 Å². The summed E-state index contributed by atoms with van der Waals surface area (Å²) in [4.78, 5) is 0. The van der Waals surface area contributed by atoms with Crippen molar-refractivity contribution in [2.24, 2.45) is 0 Å². The summed E-state index contributed by atoms with van der Waals surface area (Å²) in [7, 11) is 0. The number of nitriles is 1. The van der Waals surface area contributed by atoms with Crippen molar-refractivity contribution in [3.05, 3.63) is 35.4 Å². The van der Waals surface area contributed by atoms with Gasteiger partial charge >= 0.3 is 0 Å². The van der Waals surface area contributed by atoms with Gasteiger partial charge in [-0.25, -0.2) is 0 Å². The highest BCUT2D eigenvalue weighted by Gasteiger charge is 1.94. The molecule has 0 aliphatic heterocycles. The van der Waals surface area contributed by atoms with E-state index >= 15 is 0 Å². The van der Waals surface area contributed by atoms with E-state index in [4.69, 9.17) is 5.26 Å². The molecule has 0 atom stereocenters. The lowest BCUT2D eigenvalue weighted by atomic mass is 10.1. The molecule has 0 spiro atoms. The fraction of sp³-hybridized carbons (Fsp3) is 0.308. The van der Waals surface area contributed by atoms with Gasteiger partial charge < -0.3 is 0 Å². The molecule has 1 nitrogen and oxygen atoms in total. The molecule has 0 unspecified atom stereocenters. The first-order chi connectivity index (χ1) is 6.88. The number of nitrogens with zero attached hydrogens (tertiary/aromatic N) is 1. The maximum Gasteiger partial charge on any atom is 0.100 e. The fourth-order valence-electron chi connectivity index (χ4n) is 1.11. The summed E-state index contributed by atoms with van der Waals surface area (Å²) in [5, 5.41) is 8.80. The van der Waals surface area contributed by atoms with Crippen molar-refractivity contribution in [2.75, 3.05) is 0 Å². The lowest BCUT2D eigenvalue weighted by Crippen LogP contribution is -1.81. The Morgan fingerprint density at radius 2 is 1.93 bits per heavy atom. The van der Waals surface area contributed by atoms with Gasteiger partial charge in [-0.15, -0.1) is 0 Å². The van der Waals surface area contributed by atoms with E-state index in [1.165, 1.54) is 0 Å². The summed E-state index contributed by atoms with van der Waals surface area (Å²) in [5.74, 6) is 6.10. The van der Waals surface area contributed by atoms with Crippen molar-refractivity contribution in [1.29, 1.82) is 5.26 Å². The molecular weight excluding hydrogens is 170 g/mol. The van der Waals surface area contributed by atoms with Gasteiger partial charge in [0.2, 0.25) is 0 Å². The predicted molar refractivity (Wildman–Crippen MR) is 57.6 cm³/mol. The van der Waals surface area contributed by atoms with Crippen LogP contribution in [0.3, 0.4) is 0 Å². The zero-order valence-electron chi connectivity index (χ0n) is 8.38. The highest BCUT2D eigenvalue weighted by atomic mass is 14.2. The molecule has 0 aliphatic carbocycles. The van der Waals surface area contributed by atoms with Crippen molar-refractivity contribution in [2.45, 2.75) is 26.2 Å². The van der Waals surface area contributed by atoms with Crippen molar-refractivity contribution in [1.82, 2.24) is 0 Å². The largest absolute Gasteiger partial charge is 0.192 e. The zero-order valence-corrected chi connectivity index (χ0v) is 8.38. The van der Waals surface area contributed by atoms with Crippen LogP contribution in [0, 0.1) is 23.2 Å². The minimum Gasteiger partial charge on any atom is -0.192 e. The van der Waals surface area contributed by atoms with Gasteiger partial charge in [-0.05, 0) is 18.6 Å². The molecule has 0 fully saturated rings. The van der Waals surface area contributed by atoms with Crippen LogP contribution < -0.4 is 0 Å². The Hall–Kier alpha value is -1.73. The molecule has 0 bridgehead atoms. The molecule has 0 aliphatic rings. The van der Waals surface area contributed by atoms with Crippen molar-refractivity contribution < 1.29 is 0 Å². The van der Waals surface area contributed by atoms with Crippen LogP contribution in [0.15, 0.2) is 24.3 Å². The second-order valence-electron chi connectivity index (χ2n) is 3.06. The van der Waals surface area contributed by atoms with Crippen LogP contribution >= 0.6 is 0 Å². The van der Waals surface area contributed by atoms with Gasteiger partial charge in [0.15, 0.2) is 0 Å². The summed E-state index contributed by atoms with van der Waals surface area (Å²) < 4.78 is 0. The summed E-state index contributed by atoms with van der Waals surface area (Å²) in [5.41, 5.74) is 1.50. The second-order valence-corrected chi connectivity index (χ2v) is 3.06. The number of hydrogen-bond acceptors (Lipinski definition) is 1. The van der Waals surface area contributed by atoms with Crippen LogP contribution in [0.2, 0.25) is 0 Å². The van der Waals surface area contributed by atoms with Crippen molar-refractivity contribution in [3.63, 3.8) is 0 Å². The Bertz CT molecular complexity index is 388. The number of rotatable bonds is 2. The molecule has 1 aromatic carbocycles. The number of unbranched alkanes of at least 4 members (excludes halogenated alkanes) is 2. The number of benzene rings is 1. The highest BCUT2D eigenvalue weighted by Crippen LogP contribution is 2.05. The van der Waals surface area contributed by atoms with Crippen LogP contribution in [-0.4, -0.2) is 0 Å². The Kier molecular flexibility index (Phi) is 4.32. The third-order valence-electron chi connectivity index (χ3n) is 1.93. The molecule has 0 radical (unpaired) electrons. The van der Waals surface area contributed by atoms with E-state index in [9.17, 15) is 0 Å². The van der Waals surface area contributed by atoms with Crippen molar-refractivity contribution >= 4 is 0 Å².